The van der Waals surface area contributed by atoms with E-state index in [0.717, 1.165) is 12.8 Å². The normalized spacial score (nSPS) is 10.1. The lowest BCUT2D eigenvalue weighted by molar-refractivity contribution is -0.118. The van der Waals surface area contributed by atoms with Crippen LogP contribution in [0.15, 0.2) is 12.4 Å². The van der Waals surface area contributed by atoms with Crippen molar-refractivity contribution in [1.82, 2.24) is 9.97 Å². The molecule has 0 spiro atoms. The number of carbonyl (C=O) groups excluding carboxylic acids is 1. The Labute approximate surface area is 96.1 Å². The van der Waals surface area contributed by atoms with Crippen molar-refractivity contribution < 1.29 is 9.53 Å². The zero-order valence-corrected chi connectivity index (χ0v) is 9.90. The molecule has 0 amide bonds. The minimum Gasteiger partial charge on any atom is -0.477 e. The van der Waals surface area contributed by atoms with E-state index in [1.807, 2.05) is 13.8 Å². The highest BCUT2D eigenvalue weighted by atomic mass is 16.5. The van der Waals surface area contributed by atoms with Gasteiger partial charge < -0.3 is 4.74 Å². The number of ether oxygens (including phenoxy) is 1. The molecule has 1 rings (SSSR count). The van der Waals surface area contributed by atoms with E-state index in [1.165, 1.54) is 0 Å². The first-order chi connectivity index (χ1) is 7.76. The molecular formula is C12H18N2O2. The zero-order chi connectivity index (χ0) is 11.8. The zero-order valence-electron chi connectivity index (χ0n) is 9.90. The molecule has 0 N–H and O–H groups in total. The van der Waals surface area contributed by atoms with E-state index in [1.54, 1.807) is 12.4 Å². The first-order valence-electron chi connectivity index (χ1n) is 5.71. The van der Waals surface area contributed by atoms with E-state index >= 15 is 0 Å². The van der Waals surface area contributed by atoms with E-state index in [0.29, 0.717) is 31.0 Å². The van der Waals surface area contributed by atoms with Crippen LogP contribution in [0.5, 0.6) is 5.88 Å². The highest BCUT2D eigenvalue weighted by molar-refractivity contribution is 5.80. The predicted octanol–water partition coefficient (Wildman–Crippen LogP) is 2.18. The molecule has 0 aliphatic heterocycles. The molecule has 88 valence electrons. The summed E-state index contributed by atoms with van der Waals surface area (Å²) >= 11 is 0. The van der Waals surface area contributed by atoms with Crippen LogP contribution in [0.3, 0.4) is 0 Å². The molecule has 1 aromatic heterocycles. The van der Waals surface area contributed by atoms with Crippen molar-refractivity contribution in [3.8, 4) is 5.88 Å². The van der Waals surface area contributed by atoms with Crippen LogP contribution in [0.25, 0.3) is 0 Å². The average molecular weight is 222 g/mol. The van der Waals surface area contributed by atoms with E-state index in [-0.39, 0.29) is 5.78 Å². The minimum atomic E-state index is 0.199. The second kappa shape index (κ2) is 6.93. The molecule has 0 unspecified atom stereocenters. The van der Waals surface area contributed by atoms with Gasteiger partial charge in [-0.05, 0) is 12.8 Å². The number of carbonyl (C=O) groups is 1. The van der Waals surface area contributed by atoms with Gasteiger partial charge in [-0.25, -0.2) is 4.98 Å². The Morgan fingerprint density at radius 3 is 2.81 bits per heavy atom. The van der Waals surface area contributed by atoms with Gasteiger partial charge in [-0.3, -0.25) is 9.78 Å². The molecule has 0 saturated heterocycles. The molecule has 0 saturated carbocycles. The minimum absolute atomic E-state index is 0.199. The van der Waals surface area contributed by atoms with Crippen LogP contribution in [-0.4, -0.2) is 22.4 Å². The molecule has 0 atom stereocenters. The maximum absolute atomic E-state index is 11.4. The number of Topliss-reactive ketones (excluding diaryl/α,β-unsaturated/α-hetero) is 1. The van der Waals surface area contributed by atoms with Gasteiger partial charge in [0, 0.05) is 12.6 Å². The molecule has 4 heteroatoms. The lowest BCUT2D eigenvalue weighted by Crippen LogP contribution is -2.06. The number of aromatic nitrogens is 2. The maximum atomic E-state index is 11.4. The van der Waals surface area contributed by atoms with Gasteiger partial charge in [0.25, 0.3) is 0 Å². The van der Waals surface area contributed by atoms with Crippen LogP contribution in [0.4, 0.5) is 0 Å². The summed E-state index contributed by atoms with van der Waals surface area (Å²) in [6.07, 6.45) is 5.95. The van der Waals surface area contributed by atoms with Crippen LogP contribution in [0.2, 0.25) is 0 Å². The van der Waals surface area contributed by atoms with E-state index in [2.05, 4.69) is 9.97 Å². The summed E-state index contributed by atoms with van der Waals surface area (Å²) in [7, 11) is 0. The van der Waals surface area contributed by atoms with Gasteiger partial charge in [0.2, 0.25) is 5.88 Å². The summed E-state index contributed by atoms with van der Waals surface area (Å²) in [6, 6.07) is 0. The number of hydrogen-bond donors (Lipinski definition) is 0. The predicted molar refractivity (Wildman–Crippen MR) is 61.4 cm³/mol. The molecule has 0 bridgehead atoms. The van der Waals surface area contributed by atoms with Crippen LogP contribution in [0.1, 0.15) is 38.8 Å². The fourth-order valence-corrected chi connectivity index (χ4v) is 1.32. The van der Waals surface area contributed by atoms with E-state index in [9.17, 15) is 4.79 Å². The number of nitrogens with zero attached hydrogens (tertiary/aromatic N) is 2. The van der Waals surface area contributed by atoms with Crippen molar-refractivity contribution >= 4 is 5.78 Å². The van der Waals surface area contributed by atoms with Gasteiger partial charge in [-0.1, -0.05) is 13.8 Å². The molecular weight excluding hydrogens is 204 g/mol. The van der Waals surface area contributed by atoms with Crippen LogP contribution < -0.4 is 4.74 Å². The second-order valence-corrected chi connectivity index (χ2v) is 3.66. The third-order valence-electron chi connectivity index (χ3n) is 2.02. The van der Waals surface area contributed by atoms with Crippen molar-refractivity contribution in [2.45, 2.75) is 39.5 Å². The highest BCUT2D eigenvalue weighted by Gasteiger charge is 2.05. The summed E-state index contributed by atoms with van der Waals surface area (Å²) in [4.78, 5) is 19.7. The summed E-state index contributed by atoms with van der Waals surface area (Å²) in [5, 5.41) is 0. The van der Waals surface area contributed by atoms with E-state index < -0.39 is 0 Å². The quantitative estimate of drug-likeness (QED) is 0.709. The Morgan fingerprint density at radius 1 is 1.31 bits per heavy atom. The SMILES string of the molecule is CCCOc1cncc(CC(=O)CCC)n1. The van der Waals surface area contributed by atoms with Crippen LogP contribution in [-0.2, 0) is 11.2 Å². The van der Waals surface area contributed by atoms with Crippen LogP contribution >= 0.6 is 0 Å². The Morgan fingerprint density at radius 2 is 2.12 bits per heavy atom. The Bertz CT molecular complexity index is 340. The first-order valence-corrected chi connectivity index (χ1v) is 5.71. The summed E-state index contributed by atoms with van der Waals surface area (Å²) in [5.41, 5.74) is 0.687. The molecule has 0 fully saturated rings. The van der Waals surface area contributed by atoms with Gasteiger partial charge in [-0.2, -0.15) is 0 Å². The third-order valence-corrected chi connectivity index (χ3v) is 2.02. The summed E-state index contributed by atoms with van der Waals surface area (Å²) in [6.45, 7) is 4.65. The molecule has 0 aliphatic rings. The Hall–Kier alpha value is -1.45. The second-order valence-electron chi connectivity index (χ2n) is 3.66. The topological polar surface area (TPSA) is 52.1 Å². The average Bonchev–Trinajstić information content (AvgIpc) is 2.27. The molecule has 0 aromatic carbocycles. The molecule has 0 aliphatic carbocycles. The van der Waals surface area contributed by atoms with Crippen molar-refractivity contribution in [3.63, 3.8) is 0 Å². The third kappa shape index (κ3) is 4.38. The molecule has 16 heavy (non-hydrogen) atoms. The van der Waals surface area contributed by atoms with Crippen molar-refractivity contribution in [1.29, 1.82) is 0 Å². The van der Waals surface area contributed by atoms with Crippen molar-refractivity contribution in [2.24, 2.45) is 0 Å². The number of hydrogen-bond acceptors (Lipinski definition) is 4. The monoisotopic (exact) mass is 222 g/mol. The van der Waals surface area contributed by atoms with E-state index in [4.69, 9.17) is 4.74 Å². The number of ketones is 1. The smallest absolute Gasteiger partial charge is 0.232 e. The Kier molecular flexibility index (Phi) is 5.46. The van der Waals surface area contributed by atoms with Crippen LogP contribution in [0, 0.1) is 0 Å². The summed E-state index contributed by atoms with van der Waals surface area (Å²) < 4.78 is 5.35. The van der Waals surface area contributed by atoms with Crippen molar-refractivity contribution in [2.75, 3.05) is 6.61 Å². The Balaban J connectivity index is 2.56. The van der Waals surface area contributed by atoms with Gasteiger partial charge in [0.05, 0.1) is 24.9 Å². The highest BCUT2D eigenvalue weighted by Crippen LogP contribution is 2.07. The summed E-state index contributed by atoms with van der Waals surface area (Å²) in [5.74, 6) is 0.702. The largest absolute Gasteiger partial charge is 0.477 e. The maximum Gasteiger partial charge on any atom is 0.232 e. The fraction of sp³-hybridized carbons (Fsp3) is 0.583. The number of rotatable bonds is 7. The molecule has 4 nitrogen and oxygen atoms in total. The van der Waals surface area contributed by atoms with Gasteiger partial charge >= 0.3 is 0 Å². The lowest BCUT2D eigenvalue weighted by Gasteiger charge is -2.04. The van der Waals surface area contributed by atoms with Gasteiger partial charge in [-0.15, -0.1) is 0 Å². The van der Waals surface area contributed by atoms with Gasteiger partial charge in [0.1, 0.15) is 5.78 Å². The molecule has 1 aromatic rings. The standard InChI is InChI=1S/C12H18N2O2/c1-3-5-11(15)7-10-8-13-9-12(14-10)16-6-4-2/h8-9H,3-7H2,1-2H3. The first kappa shape index (κ1) is 12.6. The molecule has 1 heterocycles. The lowest BCUT2D eigenvalue weighted by atomic mass is 10.1. The van der Waals surface area contributed by atoms with Crippen molar-refractivity contribution in [3.05, 3.63) is 18.1 Å². The molecule has 0 radical (unpaired) electrons. The fourth-order valence-electron chi connectivity index (χ4n) is 1.32. The van der Waals surface area contributed by atoms with Gasteiger partial charge in [0.15, 0.2) is 0 Å².